The van der Waals surface area contributed by atoms with Gasteiger partial charge in [0.15, 0.2) is 0 Å². The van der Waals surface area contributed by atoms with Crippen LogP contribution < -0.4 is 0 Å². The van der Waals surface area contributed by atoms with Crippen LogP contribution in [0, 0.1) is 5.92 Å². The van der Waals surface area contributed by atoms with E-state index in [-0.39, 0.29) is 0 Å². The van der Waals surface area contributed by atoms with Crippen molar-refractivity contribution >= 4 is 17.3 Å². The maximum Gasteiger partial charge on any atom is 0.0463 e. The minimum atomic E-state index is 0.618. The average molecular weight is 234 g/mol. The highest BCUT2D eigenvalue weighted by Crippen LogP contribution is 2.39. The van der Waals surface area contributed by atoms with E-state index in [9.17, 15) is 0 Å². The lowest BCUT2D eigenvalue weighted by Gasteiger charge is -2.25. The number of halogens is 1. The van der Waals surface area contributed by atoms with Crippen LogP contribution >= 0.6 is 11.6 Å². The number of hydrogen-bond acceptors (Lipinski definition) is 1. The zero-order valence-electron chi connectivity index (χ0n) is 9.32. The molecule has 1 aliphatic heterocycles. The summed E-state index contributed by atoms with van der Waals surface area (Å²) in [6, 6.07) is 8.33. The molecule has 2 unspecified atom stereocenters. The maximum atomic E-state index is 5.93. The lowest BCUT2D eigenvalue weighted by Crippen LogP contribution is -2.21. The van der Waals surface area contributed by atoms with Crippen LogP contribution in [-0.2, 0) is 0 Å². The van der Waals surface area contributed by atoms with Gasteiger partial charge >= 0.3 is 0 Å². The Hall–Kier alpha value is -0.820. The van der Waals surface area contributed by atoms with E-state index in [4.69, 9.17) is 16.6 Å². The first-order chi connectivity index (χ1) is 7.84. The van der Waals surface area contributed by atoms with E-state index in [0.717, 1.165) is 17.5 Å². The molecule has 16 heavy (non-hydrogen) atoms. The van der Waals surface area contributed by atoms with E-state index >= 15 is 0 Å². The maximum absolute atomic E-state index is 5.93. The highest BCUT2D eigenvalue weighted by molar-refractivity contribution is 6.30. The van der Waals surface area contributed by atoms with Gasteiger partial charge in [-0.2, -0.15) is 0 Å². The van der Waals surface area contributed by atoms with Crippen molar-refractivity contribution in [3.05, 3.63) is 34.9 Å². The van der Waals surface area contributed by atoms with E-state index in [1.54, 1.807) is 0 Å². The predicted octanol–water partition coefficient (Wildman–Crippen LogP) is 4.07. The van der Waals surface area contributed by atoms with Gasteiger partial charge in [0.05, 0.1) is 0 Å². The number of fused-ring (bicyclic) bond motifs is 1. The van der Waals surface area contributed by atoms with Crippen LogP contribution in [0.5, 0.6) is 0 Å². The van der Waals surface area contributed by atoms with Gasteiger partial charge < -0.3 is 0 Å². The molecule has 1 nitrogen and oxygen atoms in total. The van der Waals surface area contributed by atoms with Crippen LogP contribution in [0.1, 0.15) is 37.2 Å². The molecule has 1 saturated carbocycles. The molecule has 2 aliphatic rings. The minimum absolute atomic E-state index is 0.618. The topological polar surface area (TPSA) is 12.4 Å². The number of aliphatic imine (C=N–C) groups is 1. The SMILES string of the molecule is Clc1ccc(C2CN=C3CCCCC32)cc1. The fourth-order valence-electron chi connectivity index (χ4n) is 3.04. The van der Waals surface area contributed by atoms with Crippen molar-refractivity contribution in [2.45, 2.75) is 31.6 Å². The summed E-state index contributed by atoms with van der Waals surface area (Å²) in [6.07, 6.45) is 5.26. The molecule has 0 bridgehead atoms. The zero-order chi connectivity index (χ0) is 11.0. The molecule has 0 saturated heterocycles. The molecule has 0 radical (unpaired) electrons. The molecule has 3 rings (SSSR count). The highest BCUT2D eigenvalue weighted by Gasteiger charge is 2.33. The van der Waals surface area contributed by atoms with Gasteiger partial charge in [0.2, 0.25) is 0 Å². The molecule has 84 valence electrons. The quantitative estimate of drug-likeness (QED) is 0.694. The average Bonchev–Trinajstić information content (AvgIpc) is 2.74. The minimum Gasteiger partial charge on any atom is -0.293 e. The van der Waals surface area contributed by atoms with Gasteiger partial charge in [0.25, 0.3) is 0 Å². The lowest BCUT2D eigenvalue weighted by molar-refractivity contribution is 0.482. The summed E-state index contributed by atoms with van der Waals surface area (Å²) in [5, 5.41) is 0.825. The fourth-order valence-corrected chi connectivity index (χ4v) is 3.17. The normalized spacial score (nSPS) is 28.7. The third-order valence-corrected chi connectivity index (χ3v) is 4.15. The monoisotopic (exact) mass is 233 g/mol. The molecule has 1 fully saturated rings. The second-order valence-corrected chi connectivity index (χ2v) is 5.28. The fraction of sp³-hybridized carbons (Fsp3) is 0.500. The van der Waals surface area contributed by atoms with Gasteiger partial charge in [-0.05, 0) is 37.0 Å². The standard InChI is InChI=1S/C14H16ClN/c15-11-7-5-10(6-8-11)13-9-16-14-4-2-1-3-12(13)14/h5-8,12-13H,1-4,9H2. The summed E-state index contributed by atoms with van der Waals surface area (Å²) in [7, 11) is 0. The highest BCUT2D eigenvalue weighted by atomic mass is 35.5. The van der Waals surface area contributed by atoms with Crippen molar-refractivity contribution in [1.29, 1.82) is 0 Å². The summed E-state index contributed by atoms with van der Waals surface area (Å²) in [6.45, 7) is 0.988. The van der Waals surface area contributed by atoms with E-state index in [1.165, 1.54) is 37.0 Å². The first-order valence-electron chi connectivity index (χ1n) is 6.13. The summed E-state index contributed by atoms with van der Waals surface area (Å²) in [5.74, 6) is 1.34. The Morgan fingerprint density at radius 1 is 1.06 bits per heavy atom. The van der Waals surface area contributed by atoms with Crippen LogP contribution in [0.3, 0.4) is 0 Å². The largest absolute Gasteiger partial charge is 0.293 e. The van der Waals surface area contributed by atoms with E-state index in [1.807, 2.05) is 12.1 Å². The smallest absolute Gasteiger partial charge is 0.0463 e. The summed E-state index contributed by atoms with van der Waals surface area (Å²) in [5.41, 5.74) is 2.89. The van der Waals surface area contributed by atoms with Crippen LogP contribution in [-0.4, -0.2) is 12.3 Å². The second kappa shape index (κ2) is 4.21. The van der Waals surface area contributed by atoms with Gasteiger partial charge in [-0.15, -0.1) is 0 Å². The van der Waals surface area contributed by atoms with Crippen LogP contribution in [0.15, 0.2) is 29.3 Å². The molecular weight excluding hydrogens is 218 g/mol. The number of rotatable bonds is 1. The molecule has 2 atom stereocenters. The Labute approximate surface area is 102 Å². The molecule has 1 aliphatic carbocycles. The van der Waals surface area contributed by atoms with E-state index in [0.29, 0.717) is 5.92 Å². The Bertz CT molecular complexity index is 407. The van der Waals surface area contributed by atoms with Gasteiger partial charge in [-0.1, -0.05) is 30.2 Å². The Balaban J connectivity index is 1.84. The lowest BCUT2D eigenvalue weighted by atomic mass is 9.78. The van der Waals surface area contributed by atoms with Crippen molar-refractivity contribution in [1.82, 2.24) is 0 Å². The summed E-state index contributed by atoms with van der Waals surface area (Å²) >= 11 is 5.93. The molecule has 1 aromatic carbocycles. The molecular formula is C14H16ClN. The molecule has 1 aromatic rings. The number of hydrogen-bond donors (Lipinski definition) is 0. The molecule has 0 N–H and O–H groups in total. The summed E-state index contributed by atoms with van der Waals surface area (Å²) < 4.78 is 0. The Kier molecular flexibility index (Phi) is 2.72. The molecule has 0 spiro atoms. The van der Waals surface area contributed by atoms with Crippen molar-refractivity contribution < 1.29 is 0 Å². The molecule has 0 aromatic heterocycles. The summed E-state index contributed by atoms with van der Waals surface area (Å²) in [4.78, 5) is 4.72. The first kappa shape index (κ1) is 10.3. The van der Waals surface area contributed by atoms with Gasteiger partial charge in [-0.25, -0.2) is 0 Å². The molecule has 0 amide bonds. The van der Waals surface area contributed by atoms with Gasteiger partial charge in [0.1, 0.15) is 0 Å². The van der Waals surface area contributed by atoms with E-state index < -0.39 is 0 Å². The Morgan fingerprint density at radius 2 is 1.88 bits per heavy atom. The molecule has 2 heteroatoms. The third-order valence-electron chi connectivity index (χ3n) is 3.90. The van der Waals surface area contributed by atoms with Gasteiger partial charge in [-0.3, -0.25) is 4.99 Å². The number of benzene rings is 1. The zero-order valence-corrected chi connectivity index (χ0v) is 10.1. The number of nitrogens with zero attached hydrogens (tertiary/aromatic N) is 1. The first-order valence-corrected chi connectivity index (χ1v) is 6.51. The van der Waals surface area contributed by atoms with Gasteiger partial charge in [0, 0.05) is 29.1 Å². The Morgan fingerprint density at radius 3 is 2.69 bits per heavy atom. The molecule has 1 heterocycles. The van der Waals surface area contributed by atoms with Crippen LogP contribution in [0.4, 0.5) is 0 Å². The van der Waals surface area contributed by atoms with Crippen molar-refractivity contribution in [3.8, 4) is 0 Å². The van der Waals surface area contributed by atoms with E-state index in [2.05, 4.69) is 12.1 Å². The second-order valence-electron chi connectivity index (χ2n) is 4.84. The third kappa shape index (κ3) is 1.78. The van der Waals surface area contributed by atoms with Crippen LogP contribution in [0.25, 0.3) is 0 Å². The van der Waals surface area contributed by atoms with Crippen molar-refractivity contribution in [2.75, 3.05) is 6.54 Å². The van der Waals surface area contributed by atoms with Crippen molar-refractivity contribution in [2.24, 2.45) is 10.9 Å². The van der Waals surface area contributed by atoms with Crippen molar-refractivity contribution in [3.63, 3.8) is 0 Å². The van der Waals surface area contributed by atoms with Crippen LogP contribution in [0.2, 0.25) is 5.02 Å². The predicted molar refractivity (Wildman–Crippen MR) is 68.5 cm³/mol.